The molecule has 3 aromatic rings. The quantitative estimate of drug-likeness (QED) is 0.688. The van der Waals surface area contributed by atoms with Crippen molar-refractivity contribution in [3.63, 3.8) is 0 Å². The molecule has 0 fully saturated rings. The molecule has 1 aromatic heterocycles. The van der Waals surface area contributed by atoms with E-state index in [2.05, 4.69) is 0 Å². The molecule has 1 heterocycles. The Bertz CT molecular complexity index is 885. The smallest absolute Gasteiger partial charge is 0.307 e. The van der Waals surface area contributed by atoms with Crippen LogP contribution in [0, 0.1) is 6.92 Å². The SMILES string of the molecule is CC.Cc1c(CC(=O)O)c2cc(O)c(Cl)cc2n1Cc1ccccc1. The summed E-state index contributed by atoms with van der Waals surface area (Å²) in [6.07, 6.45) is -0.0921. The maximum atomic E-state index is 11.2. The Morgan fingerprint density at radius 2 is 1.80 bits per heavy atom. The second-order valence-electron chi connectivity index (χ2n) is 5.53. The van der Waals surface area contributed by atoms with E-state index in [4.69, 9.17) is 11.6 Å². The summed E-state index contributed by atoms with van der Waals surface area (Å²) in [5.74, 6) is -0.941. The Hall–Kier alpha value is -2.46. The zero-order valence-electron chi connectivity index (χ0n) is 14.6. The van der Waals surface area contributed by atoms with E-state index in [9.17, 15) is 15.0 Å². The number of aromatic hydroxyl groups is 1. The zero-order chi connectivity index (χ0) is 18.6. The van der Waals surface area contributed by atoms with Crippen molar-refractivity contribution in [2.75, 3.05) is 0 Å². The van der Waals surface area contributed by atoms with Crippen LogP contribution in [-0.2, 0) is 17.8 Å². The number of nitrogens with zero attached hydrogens (tertiary/aromatic N) is 1. The van der Waals surface area contributed by atoms with Crippen LogP contribution >= 0.6 is 11.6 Å². The van der Waals surface area contributed by atoms with Gasteiger partial charge in [-0.3, -0.25) is 4.79 Å². The number of carboxylic acid groups (broad SMARTS) is 1. The molecule has 0 radical (unpaired) electrons. The molecule has 0 amide bonds. The Morgan fingerprint density at radius 3 is 2.40 bits per heavy atom. The van der Waals surface area contributed by atoms with Crippen LogP contribution in [0.5, 0.6) is 5.75 Å². The molecule has 25 heavy (non-hydrogen) atoms. The van der Waals surface area contributed by atoms with Gasteiger partial charge in [-0.1, -0.05) is 55.8 Å². The lowest BCUT2D eigenvalue weighted by Crippen LogP contribution is -2.05. The van der Waals surface area contributed by atoms with Crippen LogP contribution in [-0.4, -0.2) is 20.7 Å². The van der Waals surface area contributed by atoms with E-state index in [-0.39, 0.29) is 17.2 Å². The van der Waals surface area contributed by atoms with Gasteiger partial charge in [-0.25, -0.2) is 0 Å². The van der Waals surface area contributed by atoms with Crippen LogP contribution in [0.25, 0.3) is 10.9 Å². The number of carboxylic acids is 1. The maximum Gasteiger partial charge on any atom is 0.307 e. The monoisotopic (exact) mass is 359 g/mol. The number of hydrogen-bond acceptors (Lipinski definition) is 2. The summed E-state index contributed by atoms with van der Waals surface area (Å²) in [5, 5.41) is 20.0. The number of benzene rings is 2. The van der Waals surface area contributed by atoms with Gasteiger partial charge in [0.1, 0.15) is 5.75 Å². The number of aliphatic carboxylic acids is 1. The van der Waals surface area contributed by atoms with Crippen LogP contribution in [0.2, 0.25) is 5.02 Å². The highest BCUT2D eigenvalue weighted by Gasteiger charge is 2.18. The fourth-order valence-electron chi connectivity index (χ4n) is 2.90. The molecular formula is C20H22ClNO3. The number of phenolic OH excluding ortho intramolecular Hbond substituents is 1. The van der Waals surface area contributed by atoms with Crippen LogP contribution in [0.15, 0.2) is 42.5 Å². The van der Waals surface area contributed by atoms with Gasteiger partial charge in [-0.15, -0.1) is 0 Å². The number of aromatic nitrogens is 1. The molecule has 0 unspecified atom stereocenters. The fourth-order valence-corrected chi connectivity index (χ4v) is 3.06. The normalized spacial score (nSPS) is 10.4. The second kappa shape index (κ2) is 8.08. The van der Waals surface area contributed by atoms with Crippen LogP contribution in [0.3, 0.4) is 0 Å². The average molecular weight is 360 g/mol. The number of rotatable bonds is 4. The van der Waals surface area contributed by atoms with E-state index < -0.39 is 5.97 Å². The molecule has 0 saturated heterocycles. The number of phenols is 1. The van der Waals surface area contributed by atoms with E-state index >= 15 is 0 Å². The first-order chi connectivity index (χ1) is 12.0. The highest BCUT2D eigenvalue weighted by Crippen LogP contribution is 2.34. The second-order valence-corrected chi connectivity index (χ2v) is 5.93. The van der Waals surface area contributed by atoms with Crippen molar-refractivity contribution < 1.29 is 15.0 Å². The molecule has 0 aliphatic heterocycles. The summed E-state index contributed by atoms with van der Waals surface area (Å²) in [4.78, 5) is 11.2. The Labute approximate surface area is 152 Å². The Balaban J connectivity index is 0.00000109. The standard InChI is InChI=1S/C18H16ClNO3.C2H6/c1-11-13(8-18(22)23)14-7-17(21)15(19)9-16(14)20(11)10-12-5-3-2-4-6-12;1-2/h2-7,9,21H,8,10H2,1H3,(H,22,23);1-2H3. The van der Waals surface area contributed by atoms with E-state index in [1.807, 2.05) is 55.7 Å². The van der Waals surface area contributed by atoms with Crippen molar-refractivity contribution in [1.82, 2.24) is 4.57 Å². The molecule has 3 rings (SSSR count). The van der Waals surface area contributed by atoms with Crippen molar-refractivity contribution in [3.8, 4) is 5.75 Å². The van der Waals surface area contributed by atoms with E-state index in [0.29, 0.717) is 12.1 Å². The average Bonchev–Trinajstić information content (AvgIpc) is 2.83. The molecule has 2 aromatic carbocycles. The minimum Gasteiger partial charge on any atom is -0.506 e. The van der Waals surface area contributed by atoms with Crippen LogP contribution < -0.4 is 0 Å². The maximum absolute atomic E-state index is 11.2. The van der Waals surface area contributed by atoms with Crippen molar-refractivity contribution in [2.45, 2.75) is 33.7 Å². The minimum absolute atomic E-state index is 0.0392. The predicted molar refractivity (Wildman–Crippen MR) is 102 cm³/mol. The fraction of sp³-hybridized carbons (Fsp3) is 0.250. The van der Waals surface area contributed by atoms with Gasteiger partial charge in [-0.2, -0.15) is 0 Å². The third-order valence-corrected chi connectivity index (χ3v) is 4.34. The summed E-state index contributed by atoms with van der Waals surface area (Å²) in [5.41, 5.74) is 3.51. The summed E-state index contributed by atoms with van der Waals surface area (Å²) < 4.78 is 2.04. The molecule has 132 valence electrons. The molecule has 0 aliphatic rings. The van der Waals surface area contributed by atoms with E-state index in [1.54, 1.807) is 12.1 Å². The van der Waals surface area contributed by atoms with Crippen molar-refractivity contribution >= 4 is 28.5 Å². The van der Waals surface area contributed by atoms with Gasteiger partial charge in [0.15, 0.2) is 0 Å². The van der Waals surface area contributed by atoms with Gasteiger partial charge in [0, 0.05) is 17.6 Å². The molecule has 0 atom stereocenters. The van der Waals surface area contributed by atoms with Crippen LogP contribution in [0.1, 0.15) is 30.7 Å². The first-order valence-corrected chi connectivity index (χ1v) is 8.61. The molecule has 2 N–H and O–H groups in total. The Morgan fingerprint density at radius 1 is 1.16 bits per heavy atom. The van der Waals surface area contributed by atoms with Crippen molar-refractivity contribution in [3.05, 3.63) is 64.3 Å². The first kappa shape index (κ1) is 18.9. The van der Waals surface area contributed by atoms with Crippen LogP contribution in [0.4, 0.5) is 0 Å². The number of fused-ring (bicyclic) bond motifs is 1. The minimum atomic E-state index is -0.902. The molecule has 0 saturated carbocycles. The number of carbonyl (C=O) groups is 1. The Kier molecular flexibility index (Phi) is 6.10. The summed E-state index contributed by atoms with van der Waals surface area (Å²) in [6, 6.07) is 13.2. The number of hydrogen-bond donors (Lipinski definition) is 2. The molecule has 0 spiro atoms. The first-order valence-electron chi connectivity index (χ1n) is 8.23. The van der Waals surface area contributed by atoms with Crippen molar-refractivity contribution in [2.24, 2.45) is 0 Å². The topological polar surface area (TPSA) is 62.5 Å². The predicted octanol–water partition coefficient (Wildman–Crippen LogP) is 5.01. The molecule has 0 aliphatic carbocycles. The lowest BCUT2D eigenvalue weighted by atomic mass is 10.1. The summed E-state index contributed by atoms with van der Waals surface area (Å²) in [7, 11) is 0. The van der Waals surface area contributed by atoms with Crippen molar-refractivity contribution in [1.29, 1.82) is 0 Å². The highest BCUT2D eigenvalue weighted by molar-refractivity contribution is 6.32. The molecular weight excluding hydrogens is 338 g/mol. The van der Waals surface area contributed by atoms with Gasteiger partial charge < -0.3 is 14.8 Å². The van der Waals surface area contributed by atoms with Gasteiger partial charge in [-0.05, 0) is 30.2 Å². The van der Waals surface area contributed by atoms with E-state index in [0.717, 1.165) is 22.2 Å². The van der Waals surface area contributed by atoms with E-state index in [1.165, 1.54) is 0 Å². The van der Waals surface area contributed by atoms with Gasteiger partial charge in [0.25, 0.3) is 0 Å². The molecule has 5 heteroatoms. The van der Waals surface area contributed by atoms with Gasteiger partial charge in [0.05, 0.1) is 17.0 Å². The third kappa shape index (κ3) is 3.97. The largest absolute Gasteiger partial charge is 0.506 e. The molecule has 0 bridgehead atoms. The summed E-state index contributed by atoms with van der Waals surface area (Å²) >= 11 is 6.05. The third-order valence-electron chi connectivity index (χ3n) is 4.03. The molecule has 4 nitrogen and oxygen atoms in total. The number of halogens is 1. The zero-order valence-corrected chi connectivity index (χ0v) is 15.3. The lowest BCUT2D eigenvalue weighted by Gasteiger charge is -2.09. The van der Waals surface area contributed by atoms with Gasteiger partial charge >= 0.3 is 5.97 Å². The highest BCUT2D eigenvalue weighted by atomic mass is 35.5. The van der Waals surface area contributed by atoms with Gasteiger partial charge in [0.2, 0.25) is 0 Å². The lowest BCUT2D eigenvalue weighted by molar-refractivity contribution is -0.136. The summed E-state index contributed by atoms with van der Waals surface area (Å²) in [6.45, 7) is 6.51.